The van der Waals surface area contributed by atoms with Crippen molar-refractivity contribution in [1.82, 2.24) is 20.1 Å². The molecule has 8 nitrogen and oxygen atoms in total. The van der Waals surface area contributed by atoms with Gasteiger partial charge in [-0.25, -0.2) is 0 Å². The quantitative estimate of drug-likeness (QED) is 0.203. The molecule has 0 spiro atoms. The van der Waals surface area contributed by atoms with Crippen LogP contribution in [-0.2, 0) is 21.6 Å². The number of carbonyl (C=O) groups is 2. The fraction of sp³-hybridized carbons (Fsp3) is 0.333. The number of nitrogens with one attached hydrogen (secondary N) is 2. The van der Waals surface area contributed by atoms with Crippen LogP contribution in [0.2, 0.25) is 5.02 Å². The summed E-state index contributed by atoms with van der Waals surface area (Å²) >= 11 is 6.07. The first-order chi connectivity index (χ1) is 18.9. The first-order valence-corrected chi connectivity index (χ1v) is 13.1. The summed E-state index contributed by atoms with van der Waals surface area (Å²) in [6.45, 7) is 11.9. The molecule has 0 bridgehead atoms. The Kier molecular flexibility index (Phi) is 14.5. The molecule has 218 valence electrons. The lowest BCUT2D eigenvalue weighted by Crippen LogP contribution is -2.25. The van der Waals surface area contributed by atoms with Crippen LogP contribution in [0.1, 0.15) is 49.6 Å². The van der Waals surface area contributed by atoms with Crippen LogP contribution < -0.4 is 10.6 Å². The Morgan fingerprint density at radius 3 is 2.27 bits per heavy atom. The minimum absolute atomic E-state index is 0.00463. The van der Waals surface area contributed by atoms with E-state index in [-0.39, 0.29) is 23.5 Å². The van der Waals surface area contributed by atoms with Gasteiger partial charge in [0.25, 0.3) is 0 Å². The highest BCUT2D eigenvalue weighted by molar-refractivity contribution is 6.33. The molecule has 10 heteroatoms. The number of hydrogen-bond acceptors (Lipinski definition) is 6. The maximum absolute atomic E-state index is 12.4. The zero-order valence-electron chi connectivity index (χ0n) is 24.1. The maximum atomic E-state index is 12.4. The summed E-state index contributed by atoms with van der Waals surface area (Å²) in [6, 6.07) is 12.8. The second-order valence-corrected chi connectivity index (χ2v) is 9.60. The average Bonchev–Trinajstić information content (AvgIpc) is 3.29. The molecule has 1 heterocycles. The third kappa shape index (κ3) is 10.1. The van der Waals surface area contributed by atoms with Crippen LogP contribution >= 0.6 is 11.6 Å². The number of rotatable bonds is 10. The molecule has 0 aliphatic heterocycles. The van der Waals surface area contributed by atoms with E-state index in [1.807, 2.05) is 56.9 Å². The van der Waals surface area contributed by atoms with Crippen molar-refractivity contribution in [2.45, 2.75) is 32.7 Å². The number of aromatic hydroxyl groups is 1. The van der Waals surface area contributed by atoms with Gasteiger partial charge in [0.1, 0.15) is 12.0 Å². The molecule has 3 N–H and O–H groups in total. The van der Waals surface area contributed by atoms with Crippen molar-refractivity contribution >= 4 is 46.2 Å². The van der Waals surface area contributed by atoms with Gasteiger partial charge in [-0.1, -0.05) is 55.9 Å². The standard InChI is InChI=1S/C24H27ClFN3O2.C3H7NO.C3H6O/c1-15(23-14-19-22(29(23)5)11-10-20(25)24(19)30)27-21(12-13-28(3)4)18-8-6-17(7-9-18)16(2)31-26;1-3(5)4-2;1-2-3-4/h6-11,14,21,27,30H,1-2,12-13H2,3-5H3;1-2H3,(H,4,5);3H,2H2,1H3. The third-order valence-corrected chi connectivity index (χ3v) is 6.22. The normalized spacial score (nSPS) is 10.9. The summed E-state index contributed by atoms with van der Waals surface area (Å²) in [6.07, 6.45) is 2.34. The molecule has 0 fully saturated rings. The van der Waals surface area contributed by atoms with E-state index in [0.717, 1.165) is 41.7 Å². The number of hydrogen-bond donors (Lipinski definition) is 3. The van der Waals surface area contributed by atoms with Crippen LogP contribution in [0.3, 0.4) is 0 Å². The molecule has 0 aliphatic carbocycles. The smallest absolute Gasteiger partial charge is 0.216 e. The number of aryl methyl sites for hydroxylation is 1. The Balaban J connectivity index is 0.000000773. The van der Waals surface area contributed by atoms with Crippen molar-refractivity contribution in [2.75, 3.05) is 27.7 Å². The molecule has 1 amide bonds. The van der Waals surface area contributed by atoms with Gasteiger partial charge in [0.2, 0.25) is 5.91 Å². The lowest BCUT2D eigenvalue weighted by atomic mass is 10.0. The highest BCUT2D eigenvalue weighted by Gasteiger charge is 2.18. The predicted octanol–water partition coefficient (Wildman–Crippen LogP) is 6.01. The number of halogens is 2. The number of aldehydes is 1. The summed E-state index contributed by atoms with van der Waals surface area (Å²) < 4.78 is 14.4. The highest BCUT2D eigenvalue weighted by Crippen LogP contribution is 2.35. The number of aromatic nitrogens is 1. The second-order valence-electron chi connectivity index (χ2n) is 9.19. The molecule has 1 aromatic heterocycles. The van der Waals surface area contributed by atoms with Crippen LogP contribution in [0.25, 0.3) is 22.4 Å². The number of fused-ring (bicyclic) bond motifs is 1. The zero-order chi connectivity index (χ0) is 30.4. The zero-order valence-corrected chi connectivity index (χ0v) is 24.8. The molecule has 0 aliphatic rings. The minimum Gasteiger partial charge on any atom is -0.506 e. The molecule has 1 unspecified atom stereocenters. The van der Waals surface area contributed by atoms with Crippen LogP contribution in [0.5, 0.6) is 5.75 Å². The van der Waals surface area contributed by atoms with Gasteiger partial charge in [-0.2, -0.15) is 0 Å². The predicted molar refractivity (Wildman–Crippen MR) is 161 cm³/mol. The van der Waals surface area contributed by atoms with E-state index in [4.69, 9.17) is 11.6 Å². The minimum atomic E-state index is -0.0290. The number of amides is 1. The number of carbonyl (C=O) groups excluding carboxylic acids is 2. The summed E-state index contributed by atoms with van der Waals surface area (Å²) in [5, 5.41) is 17.2. The topological polar surface area (TPSA) is 95.8 Å². The van der Waals surface area contributed by atoms with Gasteiger partial charge >= 0.3 is 0 Å². The number of phenolic OH excluding ortho intramolecular Hbond substituents is 1. The Labute approximate surface area is 241 Å². The Bertz CT molecular complexity index is 1290. The fourth-order valence-electron chi connectivity index (χ4n) is 3.60. The molecule has 0 saturated carbocycles. The van der Waals surface area contributed by atoms with Gasteiger partial charge in [0.05, 0.1) is 28.0 Å². The van der Waals surface area contributed by atoms with Crippen molar-refractivity contribution in [3.8, 4) is 5.75 Å². The Morgan fingerprint density at radius 2 is 1.80 bits per heavy atom. The molecule has 3 rings (SSSR count). The lowest BCUT2D eigenvalue weighted by Gasteiger charge is -2.24. The van der Waals surface area contributed by atoms with E-state index in [1.165, 1.54) is 6.92 Å². The number of phenols is 1. The molecular formula is C30H40ClFN4O4. The van der Waals surface area contributed by atoms with Crippen molar-refractivity contribution in [2.24, 2.45) is 7.05 Å². The van der Waals surface area contributed by atoms with E-state index in [0.29, 0.717) is 22.4 Å². The molecule has 2 aromatic carbocycles. The lowest BCUT2D eigenvalue weighted by molar-refractivity contribution is -0.118. The van der Waals surface area contributed by atoms with E-state index >= 15 is 0 Å². The van der Waals surface area contributed by atoms with Crippen molar-refractivity contribution < 1.29 is 24.2 Å². The summed E-state index contributed by atoms with van der Waals surface area (Å²) in [5.74, 6) is 0.0385. The summed E-state index contributed by atoms with van der Waals surface area (Å²) in [7, 11) is 7.56. The van der Waals surface area contributed by atoms with Gasteiger partial charge in [0, 0.05) is 42.9 Å². The van der Waals surface area contributed by atoms with Gasteiger partial charge < -0.3 is 30.0 Å². The summed E-state index contributed by atoms with van der Waals surface area (Å²) in [4.78, 5) is 24.7. The first kappa shape index (κ1) is 34.2. The third-order valence-electron chi connectivity index (χ3n) is 5.92. The highest BCUT2D eigenvalue weighted by atomic mass is 35.5. The first-order valence-electron chi connectivity index (χ1n) is 12.7. The largest absolute Gasteiger partial charge is 0.506 e. The summed E-state index contributed by atoms with van der Waals surface area (Å²) in [5.41, 5.74) is 4.04. The van der Waals surface area contributed by atoms with Gasteiger partial charge in [-0.15, -0.1) is 0 Å². The maximum Gasteiger partial charge on any atom is 0.216 e. The van der Waals surface area contributed by atoms with E-state index in [9.17, 15) is 19.2 Å². The van der Waals surface area contributed by atoms with E-state index in [1.54, 1.807) is 25.2 Å². The molecular weight excluding hydrogens is 535 g/mol. The molecule has 0 radical (unpaired) electrons. The van der Waals surface area contributed by atoms with Crippen LogP contribution in [-0.4, -0.2) is 54.5 Å². The average molecular weight is 575 g/mol. The number of benzene rings is 2. The molecule has 3 aromatic rings. The number of nitrogens with zero attached hydrogens (tertiary/aromatic N) is 2. The fourth-order valence-corrected chi connectivity index (χ4v) is 3.76. The van der Waals surface area contributed by atoms with Crippen LogP contribution in [0.15, 0.2) is 55.6 Å². The van der Waals surface area contributed by atoms with Crippen molar-refractivity contribution in [3.63, 3.8) is 0 Å². The molecule has 0 saturated heterocycles. The molecule has 40 heavy (non-hydrogen) atoms. The molecule has 1 atom stereocenters. The van der Waals surface area contributed by atoms with Gasteiger partial charge in [-0.05, 0) is 50.8 Å². The second kappa shape index (κ2) is 17.0. The van der Waals surface area contributed by atoms with E-state index in [2.05, 4.69) is 33.6 Å². The van der Waals surface area contributed by atoms with Crippen LogP contribution in [0.4, 0.5) is 4.53 Å². The van der Waals surface area contributed by atoms with Crippen LogP contribution in [0, 0.1) is 0 Å². The van der Waals surface area contributed by atoms with Crippen molar-refractivity contribution in [1.29, 1.82) is 0 Å². The van der Waals surface area contributed by atoms with E-state index < -0.39 is 0 Å². The van der Waals surface area contributed by atoms with Gasteiger partial charge in [0.15, 0.2) is 5.76 Å². The Hall–Kier alpha value is -3.82. The Morgan fingerprint density at radius 1 is 1.23 bits per heavy atom. The monoisotopic (exact) mass is 574 g/mol. The van der Waals surface area contributed by atoms with Gasteiger partial charge in [-0.3, -0.25) is 9.74 Å². The SMILES string of the molecule is C=C(OF)c1ccc(C(CCN(C)C)NC(=C)c2cc3c(O)c(Cl)ccc3n2C)cc1.CCC=O.CNC(C)=O. The van der Waals surface area contributed by atoms with Crippen molar-refractivity contribution in [3.05, 3.63) is 77.5 Å².